The van der Waals surface area contributed by atoms with E-state index < -0.39 is 0 Å². The van der Waals surface area contributed by atoms with Gasteiger partial charge < -0.3 is 10.2 Å². The zero-order valence-electron chi connectivity index (χ0n) is 11.0. The van der Waals surface area contributed by atoms with Crippen LogP contribution in [-0.4, -0.2) is 6.04 Å². The largest absolute Gasteiger partial charge is 0.472 e. The molecule has 0 spiro atoms. The van der Waals surface area contributed by atoms with Crippen LogP contribution in [0.1, 0.15) is 29.0 Å². The summed E-state index contributed by atoms with van der Waals surface area (Å²) in [7, 11) is 0. The monoisotopic (exact) mass is 253 g/mol. The van der Waals surface area contributed by atoms with Crippen molar-refractivity contribution in [3.63, 3.8) is 0 Å². The molecule has 1 fully saturated rings. The van der Waals surface area contributed by atoms with Gasteiger partial charge in [0.2, 0.25) is 0 Å². The number of furan rings is 1. The Balaban J connectivity index is 1.54. The summed E-state index contributed by atoms with van der Waals surface area (Å²) in [6.45, 7) is 0. The SMILES string of the molecule is NC(Cc1ccoc1)C1C2CCc3ccccc3C21. The fourth-order valence-electron chi connectivity index (χ4n) is 4.02. The molecule has 98 valence electrons. The Morgan fingerprint density at radius 3 is 3.00 bits per heavy atom. The van der Waals surface area contributed by atoms with Crippen LogP contribution in [0.25, 0.3) is 0 Å². The van der Waals surface area contributed by atoms with Gasteiger partial charge >= 0.3 is 0 Å². The van der Waals surface area contributed by atoms with Crippen LogP contribution in [-0.2, 0) is 12.8 Å². The van der Waals surface area contributed by atoms with Crippen molar-refractivity contribution in [2.45, 2.75) is 31.2 Å². The summed E-state index contributed by atoms with van der Waals surface area (Å²) in [5.74, 6) is 2.20. The summed E-state index contributed by atoms with van der Waals surface area (Å²) in [4.78, 5) is 0. The molecule has 0 saturated heterocycles. The molecule has 4 atom stereocenters. The molecule has 0 radical (unpaired) electrons. The summed E-state index contributed by atoms with van der Waals surface area (Å²) < 4.78 is 5.13. The van der Waals surface area contributed by atoms with Crippen molar-refractivity contribution in [3.05, 3.63) is 59.5 Å². The average Bonchev–Trinajstić information content (AvgIpc) is 2.98. The van der Waals surface area contributed by atoms with E-state index in [1.165, 1.54) is 18.4 Å². The van der Waals surface area contributed by atoms with Gasteiger partial charge in [-0.05, 0) is 59.8 Å². The molecule has 1 aromatic carbocycles. The highest BCUT2D eigenvalue weighted by Gasteiger charge is 2.55. The minimum atomic E-state index is 0.263. The average molecular weight is 253 g/mol. The normalized spacial score (nSPS) is 29.4. The molecule has 0 amide bonds. The molecule has 2 N–H and O–H groups in total. The molecule has 2 heteroatoms. The zero-order valence-corrected chi connectivity index (χ0v) is 11.0. The van der Waals surface area contributed by atoms with E-state index in [2.05, 4.69) is 24.3 Å². The maximum atomic E-state index is 6.45. The fourth-order valence-corrected chi connectivity index (χ4v) is 4.02. The fraction of sp³-hybridized carbons (Fsp3) is 0.412. The Labute approximate surface area is 113 Å². The summed E-state index contributed by atoms with van der Waals surface area (Å²) in [5, 5.41) is 0. The van der Waals surface area contributed by atoms with Gasteiger partial charge in [0.1, 0.15) is 0 Å². The molecule has 1 aromatic heterocycles. The molecule has 2 aliphatic rings. The third-order valence-corrected chi connectivity index (χ3v) is 4.94. The lowest BCUT2D eigenvalue weighted by Crippen LogP contribution is -2.26. The first-order valence-electron chi connectivity index (χ1n) is 7.19. The number of hydrogen-bond acceptors (Lipinski definition) is 2. The van der Waals surface area contributed by atoms with Crippen molar-refractivity contribution in [2.75, 3.05) is 0 Å². The summed E-state index contributed by atoms with van der Waals surface area (Å²) in [6, 6.07) is 11.2. The lowest BCUT2D eigenvalue weighted by atomic mass is 9.92. The van der Waals surface area contributed by atoms with Gasteiger partial charge in [0.05, 0.1) is 12.5 Å². The number of fused-ring (bicyclic) bond motifs is 3. The lowest BCUT2D eigenvalue weighted by Gasteiger charge is -2.13. The van der Waals surface area contributed by atoms with Crippen molar-refractivity contribution in [1.29, 1.82) is 0 Å². The summed E-state index contributed by atoms with van der Waals surface area (Å²) in [6.07, 6.45) is 7.03. The Kier molecular flexibility index (Phi) is 2.52. The first-order chi connectivity index (χ1) is 9.34. The molecule has 19 heavy (non-hydrogen) atoms. The van der Waals surface area contributed by atoms with Crippen LogP contribution in [0.3, 0.4) is 0 Å². The number of benzene rings is 1. The Morgan fingerprint density at radius 2 is 2.16 bits per heavy atom. The van der Waals surface area contributed by atoms with E-state index in [1.807, 2.05) is 12.3 Å². The van der Waals surface area contributed by atoms with E-state index in [4.69, 9.17) is 10.2 Å². The highest BCUT2D eigenvalue weighted by molar-refractivity contribution is 5.40. The molecule has 2 nitrogen and oxygen atoms in total. The van der Waals surface area contributed by atoms with Gasteiger partial charge in [-0.1, -0.05) is 24.3 Å². The Bertz CT molecular complexity index is 575. The van der Waals surface area contributed by atoms with Gasteiger partial charge in [-0.15, -0.1) is 0 Å². The standard InChI is InChI=1S/C17H19NO/c18-15(9-11-7-8-19-10-11)17-14-6-5-12-3-1-2-4-13(12)16(14)17/h1-4,7-8,10,14-17H,5-6,9,18H2. The van der Waals surface area contributed by atoms with Crippen molar-refractivity contribution in [1.82, 2.24) is 0 Å². The topological polar surface area (TPSA) is 39.2 Å². The van der Waals surface area contributed by atoms with E-state index in [9.17, 15) is 0 Å². The molecular formula is C17H19NO. The van der Waals surface area contributed by atoms with Crippen LogP contribution < -0.4 is 5.73 Å². The summed E-state index contributed by atoms with van der Waals surface area (Å²) >= 11 is 0. The smallest absolute Gasteiger partial charge is 0.0935 e. The van der Waals surface area contributed by atoms with E-state index >= 15 is 0 Å². The molecule has 4 unspecified atom stereocenters. The van der Waals surface area contributed by atoms with Crippen molar-refractivity contribution >= 4 is 0 Å². The molecule has 1 saturated carbocycles. The van der Waals surface area contributed by atoms with E-state index in [0.717, 1.165) is 12.3 Å². The van der Waals surface area contributed by atoms with Crippen LogP contribution in [0.4, 0.5) is 0 Å². The molecule has 1 heterocycles. The first kappa shape index (κ1) is 11.3. The van der Waals surface area contributed by atoms with Gasteiger partial charge in [0.25, 0.3) is 0 Å². The van der Waals surface area contributed by atoms with Crippen molar-refractivity contribution in [2.24, 2.45) is 17.6 Å². The molecule has 0 bridgehead atoms. The predicted molar refractivity (Wildman–Crippen MR) is 74.9 cm³/mol. The van der Waals surface area contributed by atoms with Crippen LogP contribution in [0, 0.1) is 11.8 Å². The van der Waals surface area contributed by atoms with Crippen molar-refractivity contribution in [3.8, 4) is 0 Å². The van der Waals surface area contributed by atoms with Crippen LogP contribution in [0.15, 0.2) is 47.3 Å². The van der Waals surface area contributed by atoms with Crippen LogP contribution >= 0.6 is 0 Å². The van der Waals surface area contributed by atoms with Gasteiger partial charge in [0, 0.05) is 6.04 Å². The Morgan fingerprint density at radius 1 is 1.26 bits per heavy atom. The third-order valence-electron chi connectivity index (χ3n) is 4.94. The van der Waals surface area contributed by atoms with Gasteiger partial charge in [-0.2, -0.15) is 0 Å². The second kappa shape index (κ2) is 4.24. The minimum Gasteiger partial charge on any atom is -0.472 e. The van der Waals surface area contributed by atoms with Gasteiger partial charge in [-0.25, -0.2) is 0 Å². The number of rotatable bonds is 3. The third kappa shape index (κ3) is 1.82. The van der Waals surface area contributed by atoms with Crippen LogP contribution in [0.5, 0.6) is 0 Å². The van der Waals surface area contributed by atoms with E-state index in [1.54, 1.807) is 17.4 Å². The molecular weight excluding hydrogens is 234 g/mol. The molecule has 2 aromatic rings. The van der Waals surface area contributed by atoms with Gasteiger partial charge in [0.15, 0.2) is 0 Å². The zero-order chi connectivity index (χ0) is 12.8. The lowest BCUT2D eigenvalue weighted by molar-refractivity contribution is 0.523. The minimum absolute atomic E-state index is 0.263. The first-order valence-corrected chi connectivity index (χ1v) is 7.19. The van der Waals surface area contributed by atoms with Gasteiger partial charge in [-0.3, -0.25) is 0 Å². The molecule has 0 aliphatic heterocycles. The second-order valence-corrected chi connectivity index (χ2v) is 6.00. The summed E-state index contributed by atoms with van der Waals surface area (Å²) in [5.41, 5.74) is 10.8. The van der Waals surface area contributed by atoms with Crippen molar-refractivity contribution < 1.29 is 4.42 Å². The molecule has 4 rings (SSSR count). The predicted octanol–water partition coefficient (Wildman–Crippen LogP) is 3.13. The van der Waals surface area contributed by atoms with Crippen LogP contribution in [0.2, 0.25) is 0 Å². The number of hydrogen-bond donors (Lipinski definition) is 1. The Hall–Kier alpha value is -1.54. The number of aryl methyl sites for hydroxylation is 1. The maximum absolute atomic E-state index is 6.45. The quantitative estimate of drug-likeness (QED) is 0.912. The highest BCUT2D eigenvalue weighted by Crippen LogP contribution is 2.61. The van der Waals surface area contributed by atoms with E-state index in [0.29, 0.717) is 11.8 Å². The second-order valence-electron chi connectivity index (χ2n) is 6.00. The maximum Gasteiger partial charge on any atom is 0.0935 e. The van der Waals surface area contributed by atoms with E-state index in [-0.39, 0.29) is 6.04 Å². The highest BCUT2D eigenvalue weighted by atomic mass is 16.3. The molecule has 2 aliphatic carbocycles. The number of nitrogens with two attached hydrogens (primary N) is 1.